The summed E-state index contributed by atoms with van der Waals surface area (Å²) >= 11 is 0. The summed E-state index contributed by atoms with van der Waals surface area (Å²) in [5, 5.41) is 9.97. The lowest BCUT2D eigenvalue weighted by molar-refractivity contribution is -0.873. The summed E-state index contributed by atoms with van der Waals surface area (Å²) < 4.78 is 0.861. The Morgan fingerprint density at radius 2 is 0.917 bits per heavy atom. The van der Waals surface area contributed by atoms with Crippen LogP contribution in [0.15, 0.2) is 0 Å². The van der Waals surface area contributed by atoms with Gasteiger partial charge in [0.25, 0.3) is 0 Å². The van der Waals surface area contributed by atoms with E-state index >= 15 is 0 Å². The van der Waals surface area contributed by atoms with Crippen LogP contribution < -0.4 is 0 Å². The van der Waals surface area contributed by atoms with Crippen molar-refractivity contribution < 1.29 is 9.59 Å². The minimum atomic E-state index is -0.119. The van der Waals surface area contributed by atoms with Gasteiger partial charge in [-0.15, -0.1) is 0 Å². The van der Waals surface area contributed by atoms with Crippen molar-refractivity contribution in [1.82, 2.24) is 0 Å². The van der Waals surface area contributed by atoms with E-state index in [0.29, 0.717) is 0 Å². The number of nitrogens with zero attached hydrogens (tertiary/aromatic N) is 1. The van der Waals surface area contributed by atoms with Crippen molar-refractivity contribution in [1.29, 1.82) is 0 Å². The van der Waals surface area contributed by atoms with Gasteiger partial charge in [0.05, 0.1) is 21.1 Å². The van der Waals surface area contributed by atoms with Crippen LogP contribution in [0.1, 0.15) is 110 Å². The van der Waals surface area contributed by atoms with Gasteiger partial charge in [0.15, 0.2) is 0 Å². The van der Waals surface area contributed by atoms with E-state index in [9.17, 15) is 5.11 Å². The van der Waals surface area contributed by atoms with Crippen LogP contribution >= 0.6 is 0 Å². The van der Waals surface area contributed by atoms with E-state index in [0.717, 1.165) is 17.4 Å². The van der Waals surface area contributed by atoms with Gasteiger partial charge < -0.3 is 9.59 Å². The molecule has 0 aliphatic heterocycles. The average Bonchev–Trinajstić information content (AvgIpc) is 2.49. The number of quaternary nitrogens is 1. The Bertz CT molecular complexity index is 247. The monoisotopic (exact) mass is 342 g/mol. The molecular weight excluding hydrogens is 294 g/mol. The van der Waals surface area contributed by atoms with Gasteiger partial charge in [0.1, 0.15) is 12.6 Å². The second kappa shape index (κ2) is 16.4. The molecule has 1 unspecified atom stereocenters. The summed E-state index contributed by atoms with van der Waals surface area (Å²) in [6.07, 6.45) is 21.9. The van der Waals surface area contributed by atoms with Gasteiger partial charge in [-0.1, -0.05) is 103 Å². The first-order valence-corrected chi connectivity index (χ1v) is 10.9. The van der Waals surface area contributed by atoms with E-state index < -0.39 is 0 Å². The van der Waals surface area contributed by atoms with Gasteiger partial charge in [-0.2, -0.15) is 0 Å². The molecule has 0 aliphatic carbocycles. The maximum Gasteiger partial charge on any atom is 0.104 e. The van der Waals surface area contributed by atoms with E-state index in [2.05, 4.69) is 28.1 Å². The molecule has 0 saturated heterocycles. The molecule has 0 aromatic heterocycles. The summed E-state index contributed by atoms with van der Waals surface area (Å²) in [5.74, 6) is 0. The zero-order valence-corrected chi connectivity index (χ0v) is 17.5. The van der Waals surface area contributed by atoms with Crippen molar-refractivity contribution in [2.24, 2.45) is 0 Å². The predicted octanol–water partition coefficient (Wildman–Crippen LogP) is 6.32. The van der Waals surface area contributed by atoms with Gasteiger partial charge in [-0.3, -0.25) is 0 Å². The Labute approximate surface area is 153 Å². The highest BCUT2D eigenvalue weighted by Gasteiger charge is 2.14. The summed E-state index contributed by atoms with van der Waals surface area (Å²) in [6, 6.07) is 0. The smallest absolute Gasteiger partial charge is 0.104 e. The van der Waals surface area contributed by atoms with Crippen LogP contribution in [-0.2, 0) is 0 Å². The molecule has 1 atom stereocenters. The van der Waals surface area contributed by atoms with Crippen molar-refractivity contribution in [2.45, 2.75) is 116 Å². The SMILES string of the molecule is CCCCCCCCCCCCCCCCCC(O)C[N+](C)(C)C. The molecule has 2 nitrogen and oxygen atoms in total. The van der Waals surface area contributed by atoms with E-state index in [-0.39, 0.29) is 6.10 Å². The number of unbranched alkanes of at least 4 members (excludes halogenated alkanes) is 14. The Kier molecular flexibility index (Phi) is 16.3. The summed E-state index contributed by atoms with van der Waals surface area (Å²) in [6.45, 7) is 3.16. The van der Waals surface area contributed by atoms with Gasteiger partial charge in [-0.25, -0.2) is 0 Å². The lowest BCUT2D eigenvalue weighted by atomic mass is 10.0. The second-order valence-electron chi connectivity index (χ2n) is 8.87. The fourth-order valence-corrected chi connectivity index (χ4v) is 3.47. The zero-order chi connectivity index (χ0) is 18.1. The molecule has 0 aromatic rings. The summed E-state index contributed by atoms with van der Waals surface area (Å²) in [5.41, 5.74) is 0. The second-order valence-corrected chi connectivity index (χ2v) is 8.87. The number of rotatable bonds is 18. The number of likely N-dealkylation sites (N-methyl/N-ethyl adjacent to an activating group) is 1. The molecule has 146 valence electrons. The normalized spacial score (nSPS) is 13.4. The molecule has 0 heterocycles. The minimum Gasteiger partial charge on any atom is -0.387 e. The van der Waals surface area contributed by atoms with Crippen molar-refractivity contribution in [3.8, 4) is 0 Å². The lowest BCUT2D eigenvalue weighted by Gasteiger charge is -2.26. The number of aliphatic hydroxyl groups is 1. The largest absolute Gasteiger partial charge is 0.387 e. The number of hydrogen-bond acceptors (Lipinski definition) is 1. The highest BCUT2D eigenvalue weighted by molar-refractivity contribution is 4.55. The Balaban J connectivity index is 3.13. The summed E-state index contributed by atoms with van der Waals surface area (Å²) in [7, 11) is 6.45. The summed E-state index contributed by atoms with van der Waals surface area (Å²) in [4.78, 5) is 0. The molecule has 0 aliphatic rings. The first kappa shape index (κ1) is 23.9. The van der Waals surface area contributed by atoms with E-state index in [1.807, 2.05) is 0 Å². The molecule has 0 aromatic carbocycles. The van der Waals surface area contributed by atoms with Crippen molar-refractivity contribution in [3.63, 3.8) is 0 Å². The van der Waals surface area contributed by atoms with Gasteiger partial charge in [0, 0.05) is 0 Å². The van der Waals surface area contributed by atoms with E-state index in [1.54, 1.807) is 0 Å². The van der Waals surface area contributed by atoms with Crippen LogP contribution in [0.4, 0.5) is 0 Å². The Morgan fingerprint density at radius 3 is 1.25 bits per heavy atom. The first-order valence-electron chi connectivity index (χ1n) is 10.9. The molecule has 0 amide bonds. The molecule has 24 heavy (non-hydrogen) atoms. The van der Waals surface area contributed by atoms with Crippen LogP contribution in [-0.4, -0.2) is 43.4 Å². The highest BCUT2D eigenvalue weighted by atomic mass is 16.3. The Morgan fingerprint density at radius 1 is 0.583 bits per heavy atom. The fraction of sp³-hybridized carbons (Fsp3) is 1.00. The quantitative estimate of drug-likeness (QED) is 0.228. The number of aliphatic hydroxyl groups excluding tert-OH is 1. The van der Waals surface area contributed by atoms with Crippen molar-refractivity contribution in [3.05, 3.63) is 0 Å². The van der Waals surface area contributed by atoms with Gasteiger partial charge >= 0.3 is 0 Å². The standard InChI is InChI=1S/C22H48NO/c1-5-6-7-8-9-10-11-12-13-14-15-16-17-18-19-20-22(24)21-23(2,3)4/h22,24H,5-21H2,1-4H3/q+1. The molecule has 0 saturated carbocycles. The van der Waals surface area contributed by atoms with E-state index in [4.69, 9.17) is 0 Å². The molecule has 0 radical (unpaired) electrons. The molecule has 0 spiro atoms. The van der Waals surface area contributed by atoms with Crippen molar-refractivity contribution in [2.75, 3.05) is 27.7 Å². The molecule has 1 N–H and O–H groups in total. The predicted molar refractivity (Wildman–Crippen MR) is 108 cm³/mol. The van der Waals surface area contributed by atoms with Crippen LogP contribution in [0.5, 0.6) is 0 Å². The third-order valence-electron chi connectivity index (χ3n) is 4.90. The molecule has 2 heteroatoms. The zero-order valence-electron chi connectivity index (χ0n) is 17.5. The van der Waals surface area contributed by atoms with Crippen LogP contribution in [0.2, 0.25) is 0 Å². The Hall–Kier alpha value is -0.0800. The highest BCUT2D eigenvalue weighted by Crippen LogP contribution is 2.14. The lowest BCUT2D eigenvalue weighted by Crippen LogP contribution is -2.41. The fourth-order valence-electron chi connectivity index (χ4n) is 3.47. The van der Waals surface area contributed by atoms with Crippen LogP contribution in [0.3, 0.4) is 0 Å². The third kappa shape index (κ3) is 20.0. The maximum absolute atomic E-state index is 9.97. The average molecular weight is 343 g/mol. The molecular formula is C22H48NO+. The maximum atomic E-state index is 9.97. The third-order valence-corrected chi connectivity index (χ3v) is 4.90. The number of hydrogen-bond donors (Lipinski definition) is 1. The molecule has 0 rings (SSSR count). The van der Waals surface area contributed by atoms with E-state index in [1.165, 1.54) is 96.3 Å². The molecule has 0 bridgehead atoms. The molecule has 0 fully saturated rings. The van der Waals surface area contributed by atoms with Crippen molar-refractivity contribution >= 4 is 0 Å². The van der Waals surface area contributed by atoms with Crippen LogP contribution in [0.25, 0.3) is 0 Å². The first-order chi connectivity index (χ1) is 11.5. The topological polar surface area (TPSA) is 20.2 Å². The van der Waals surface area contributed by atoms with Gasteiger partial charge in [-0.05, 0) is 6.42 Å². The van der Waals surface area contributed by atoms with Gasteiger partial charge in [0.2, 0.25) is 0 Å². The minimum absolute atomic E-state index is 0.119. The van der Waals surface area contributed by atoms with Crippen LogP contribution in [0, 0.1) is 0 Å².